The molecule has 0 atom stereocenters. The third kappa shape index (κ3) is 4.54. The number of oxime groups is 1. The van der Waals surface area contributed by atoms with Gasteiger partial charge in [0.25, 0.3) is 0 Å². The Labute approximate surface area is 84.0 Å². The van der Waals surface area contributed by atoms with Gasteiger partial charge in [-0.2, -0.15) is 0 Å². The minimum absolute atomic E-state index is 0.243. The second kappa shape index (κ2) is 4.69. The molecule has 0 aromatic carbocycles. The summed E-state index contributed by atoms with van der Waals surface area (Å²) in [4.78, 5) is 13.0. The summed E-state index contributed by atoms with van der Waals surface area (Å²) in [5, 5.41) is 3.83. The lowest BCUT2D eigenvalue weighted by molar-refractivity contribution is 0.00164. The molecule has 4 nitrogen and oxygen atoms in total. The third-order valence-electron chi connectivity index (χ3n) is 1.28. The molecule has 0 N–H and O–H groups in total. The highest BCUT2D eigenvalue weighted by molar-refractivity contribution is 5.59. The Kier molecular flexibility index (Phi) is 3.56. The van der Waals surface area contributed by atoms with E-state index in [2.05, 4.69) is 21.3 Å². The van der Waals surface area contributed by atoms with E-state index in [1.54, 1.807) is 12.4 Å². The summed E-state index contributed by atoms with van der Waals surface area (Å²) in [6.45, 7) is 5.84. The smallest absolute Gasteiger partial charge is 0.129 e. The first-order valence-electron chi connectivity index (χ1n) is 4.45. The summed E-state index contributed by atoms with van der Waals surface area (Å²) in [7, 11) is 0. The van der Waals surface area contributed by atoms with E-state index in [0.717, 1.165) is 5.69 Å². The lowest BCUT2D eigenvalue weighted by Crippen LogP contribution is -2.15. The van der Waals surface area contributed by atoms with Crippen LogP contribution < -0.4 is 0 Å². The summed E-state index contributed by atoms with van der Waals surface area (Å²) < 4.78 is 0. The van der Waals surface area contributed by atoms with Crippen molar-refractivity contribution < 1.29 is 4.84 Å². The maximum Gasteiger partial charge on any atom is 0.129 e. The van der Waals surface area contributed by atoms with Crippen molar-refractivity contribution in [1.82, 2.24) is 9.97 Å². The fraction of sp³-hybridized carbons (Fsp3) is 0.500. The van der Waals surface area contributed by atoms with Crippen molar-refractivity contribution in [1.29, 1.82) is 0 Å². The molecule has 1 radical (unpaired) electrons. The molecule has 1 aromatic rings. The second-order valence-electron chi connectivity index (χ2n) is 3.83. The van der Waals surface area contributed by atoms with Gasteiger partial charge < -0.3 is 4.84 Å². The van der Waals surface area contributed by atoms with Crippen LogP contribution in [0.2, 0.25) is 0 Å². The van der Waals surface area contributed by atoms with Crippen LogP contribution in [0.4, 0.5) is 0 Å². The summed E-state index contributed by atoms with van der Waals surface area (Å²) in [6.07, 6.45) is 8.10. The minimum Gasteiger partial charge on any atom is -0.390 e. The Morgan fingerprint density at radius 2 is 2.36 bits per heavy atom. The van der Waals surface area contributed by atoms with Crippen molar-refractivity contribution in [3.8, 4) is 0 Å². The van der Waals surface area contributed by atoms with Crippen LogP contribution in [0.3, 0.4) is 0 Å². The molecular weight excluding hydrogens is 178 g/mol. The van der Waals surface area contributed by atoms with Crippen molar-refractivity contribution in [2.75, 3.05) is 0 Å². The molecule has 0 fully saturated rings. The molecule has 0 saturated heterocycles. The van der Waals surface area contributed by atoms with Crippen LogP contribution in [-0.2, 0) is 11.3 Å². The van der Waals surface area contributed by atoms with Crippen LogP contribution in [0.1, 0.15) is 26.5 Å². The van der Waals surface area contributed by atoms with Crippen LogP contribution in [0, 0.1) is 6.20 Å². The van der Waals surface area contributed by atoms with E-state index in [9.17, 15) is 0 Å². The summed E-state index contributed by atoms with van der Waals surface area (Å²) in [5.74, 6) is 0. The van der Waals surface area contributed by atoms with Gasteiger partial charge >= 0.3 is 0 Å². The van der Waals surface area contributed by atoms with E-state index in [1.165, 1.54) is 6.20 Å². The SMILES string of the molecule is CC(C)(C)ON=CCc1cn[c]cn1. The molecule has 75 valence electrons. The number of hydrogen-bond acceptors (Lipinski definition) is 4. The van der Waals surface area contributed by atoms with Gasteiger partial charge in [-0.1, -0.05) is 5.16 Å². The second-order valence-corrected chi connectivity index (χ2v) is 3.83. The zero-order chi connectivity index (χ0) is 10.4. The van der Waals surface area contributed by atoms with Gasteiger partial charge in [0.15, 0.2) is 0 Å². The van der Waals surface area contributed by atoms with Gasteiger partial charge in [0, 0.05) is 18.8 Å². The normalized spacial score (nSPS) is 11.9. The molecule has 1 aromatic heterocycles. The molecule has 0 unspecified atom stereocenters. The molecular formula is C10H14N3O. The first-order valence-corrected chi connectivity index (χ1v) is 4.45. The van der Waals surface area contributed by atoms with Gasteiger partial charge in [-0.25, -0.2) is 0 Å². The highest BCUT2D eigenvalue weighted by Crippen LogP contribution is 2.06. The van der Waals surface area contributed by atoms with Crippen molar-refractivity contribution >= 4 is 6.21 Å². The maximum atomic E-state index is 5.16. The van der Waals surface area contributed by atoms with E-state index in [1.807, 2.05) is 20.8 Å². The van der Waals surface area contributed by atoms with Crippen molar-refractivity contribution in [3.63, 3.8) is 0 Å². The highest BCUT2D eigenvalue weighted by Gasteiger charge is 2.08. The summed E-state index contributed by atoms with van der Waals surface area (Å²) >= 11 is 0. The van der Waals surface area contributed by atoms with Gasteiger partial charge in [0.05, 0.1) is 11.9 Å². The predicted octanol–water partition coefficient (Wildman–Crippen LogP) is 1.62. The molecule has 14 heavy (non-hydrogen) atoms. The Morgan fingerprint density at radius 1 is 1.57 bits per heavy atom. The predicted molar refractivity (Wildman–Crippen MR) is 53.9 cm³/mol. The fourth-order valence-corrected chi connectivity index (χ4v) is 0.722. The molecule has 4 heteroatoms. The largest absolute Gasteiger partial charge is 0.390 e. The van der Waals surface area contributed by atoms with Crippen LogP contribution in [-0.4, -0.2) is 21.8 Å². The molecule has 0 spiro atoms. The van der Waals surface area contributed by atoms with Crippen LogP contribution in [0.5, 0.6) is 0 Å². The first kappa shape index (κ1) is 10.6. The molecule has 0 aliphatic carbocycles. The van der Waals surface area contributed by atoms with E-state index >= 15 is 0 Å². The number of nitrogens with zero attached hydrogens (tertiary/aromatic N) is 3. The van der Waals surface area contributed by atoms with Crippen molar-refractivity contribution in [3.05, 3.63) is 24.3 Å². The number of aromatic nitrogens is 2. The lowest BCUT2D eigenvalue weighted by Gasteiger charge is -2.14. The highest BCUT2D eigenvalue weighted by atomic mass is 16.6. The topological polar surface area (TPSA) is 47.4 Å². The van der Waals surface area contributed by atoms with Crippen LogP contribution in [0.15, 0.2) is 17.5 Å². The van der Waals surface area contributed by atoms with E-state index in [4.69, 9.17) is 4.84 Å². The number of hydrogen-bond donors (Lipinski definition) is 0. The van der Waals surface area contributed by atoms with E-state index in [-0.39, 0.29) is 5.60 Å². The molecule has 1 rings (SSSR count). The average molecular weight is 192 g/mol. The molecule has 0 aliphatic heterocycles. The van der Waals surface area contributed by atoms with Gasteiger partial charge in [0.2, 0.25) is 0 Å². The summed E-state index contributed by atoms with van der Waals surface area (Å²) in [5.41, 5.74) is 0.608. The standard InChI is InChI=1S/C10H14N3O/c1-10(2,3)14-13-5-4-9-8-11-6-7-12-9/h5,7-8H,4H2,1-3H3. The van der Waals surface area contributed by atoms with Crippen molar-refractivity contribution in [2.45, 2.75) is 32.8 Å². The van der Waals surface area contributed by atoms with E-state index < -0.39 is 0 Å². The fourth-order valence-electron chi connectivity index (χ4n) is 0.722. The molecule has 0 aliphatic rings. The monoisotopic (exact) mass is 192 g/mol. The molecule has 0 bridgehead atoms. The molecule has 0 saturated carbocycles. The average Bonchev–Trinajstić information content (AvgIpc) is 2.13. The first-order chi connectivity index (χ1) is 6.58. The zero-order valence-electron chi connectivity index (χ0n) is 8.69. The minimum atomic E-state index is -0.243. The van der Waals surface area contributed by atoms with Gasteiger partial charge in [-0.05, 0) is 20.8 Å². The van der Waals surface area contributed by atoms with Gasteiger partial charge in [-0.15, -0.1) is 0 Å². The van der Waals surface area contributed by atoms with Crippen LogP contribution >= 0.6 is 0 Å². The lowest BCUT2D eigenvalue weighted by atomic mass is 10.2. The Balaban J connectivity index is 2.35. The Morgan fingerprint density at radius 3 is 2.93 bits per heavy atom. The van der Waals surface area contributed by atoms with Crippen molar-refractivity contribution in [2.24, 2.45) is 5.16 Å². The zero-order valence-corrected chi connectivity index (χ0v) is 8.69. The maximum absolute atomic E-state index is 5.16. The summed E-state index contributed by atoms with van der Waals surface area (Å²) in [6, 6.07) is 0. The molecule has 0 amide bonds. The van der Waals surface area contributed by atoms with Gasteiger partial charge in [-0.3, -0.25) is 9.97 Å². The quantitative estimate of drug-likeness (QED) is 0.540. The van der Waals surface area contributed by atoms with Gasteiger partial charge in [0.1, 0.15) is 11.8 Å². The third-order valence-corrected chi connectivity index (χ3v) is 1.28. The van der Waals surface area contributed by atoms with Crippen LogP contribution in [0.25, 0.3) is 0 Å². The number of rotatable bonds is 3. The van der Waals surface area contributed by atoms with E-state index in [0.29, 0.717) is 6.42 Å². The Hall–Kier alpha value is -1.45. The Bertz CT molecular complexity index is 290. The molecule has 1 heterocycles.